The minimum absolute atomic E-state index is 0.0398. The van der Waals surface area contributed by atoms with Gasteiger partial charge >= 0.3 is 6.09 Å². The summed E-state index contributed by atoms with van der Waals surface area (Å²) in [5.41, 5.74) is 1.42. The number of benzene rings is 1. The average Bonchev–Trinajstić information content (AvgIpc) is 3.33. The van der Waals surface area contributed by atoms with E-state index in [1.165, 1.54) is 23.1 Å². The van der Waals surface area contributed by atoms with Gasteiger partial charge in [0.05, 0.1) is 17.9 Å². The van der Waals surface area contributed by atoms with Crippen molar-refractivity contribution in [2.75, 3.05) is 36.9 Å². The lowest BCUT2D eigenvalue weighted by atomic mass is 10.1. The summed E-state index contributed by atoms with van der Waals surface area (Å²) in [6, 6.07) is 11.3. The molecule has 180 valence electrons. The maximum absolute atomic E-state index is 13.4. The minimum atomic E-state index is -0.319. The number of carbonyl (C=O) groups is 2. The Morgan fingerprint density at radius 3 is 2.59 bits per heavy atom. The molecule has 2 aromatic heterocycles. The standard InChI is InChI=1S/C24H28N4O4S2/c1-3-27(17-8-6-5-7-9-17)20(29)16-34-23-25-19-12-15-33-21(19)22(30)28(23)18-10-13-26(14-11-18)24(31)32-4-2/h5-9,12,15,18H,3-4,10-11,13-14,16H2,1-2H3. The highest BCUT2D eigenvalue weighted by atomic mass is 32.2. The van der Waals surface area contributed by atoms with E-state index < -0.39 is 0 Å². The number of thiophene rings is 1. The fourth-order valence-corrected chi connectivity index (χ4v) is 5.87. The second-order valence-electron chi connectivity index (χ2n) is 7.88. The van der Waals surface area contributed by atoms with E-state index in [1.54, 1.807) is 21.3 Å². The fraction of sp³-hybridized carbons (Fsp3) is 0.417. The van der Waals surface area contributed by atoms with Gasteiger partial charge in [-0.2, -0.15) is 0 Å². The lowest BCUT2D eigenvalue weighted by Crippen LogP contribution is -2.41. The van der Waals surface area contributed by atoms with E-state index >= 15 is 0 Å². The first-order chi connectivity index (χ1) is 16.5. The number of hydrogen-bond acceptors (Lipinski definition) is 7. The molecule has 1 saturated heterocycles. The number of anilines is 1. The van der Waals surface area contributed by atoms with E-state index in [0.717, 1.165) is 5.69 Å². The van der Waals surface area contributed by atoms with E-state index in [-0.39, 0.29) is 29.4 Å². The molecule has 0 N–H and O–H groups in total. The number of nitrogens with zero attached hydrogens (tertiary/aromatic N) is 4. The Hall–Kier alpha value is -2.85. The van der Waals surface area contributed by atoms with Gasteiger partial charge in [0.2, 0.25) is 5.91 Å². The van der Waals surface area contributed by atoms with E-state index in [4.69, 9.17) is 9.72 Å². The van der Waals surface area contributed by atoms with Gasteiger partial charge in [0.1, 0.15) is 4.70 Å². The predicted octanol–water partition coefficient (Wildman–Crippen LogP) is 4.40. The number of hydrogen-bond donors (Lipinski definition) is 0. The Kier molecular flexibility index (Phi) is 7.89. The van der Waals surface area contributed by atoms with Gasteiger partial charge in [-0.3, -0.25) is 14.2 Å². The summed E-state index contributed by atoms with van der Waals surface area (Å²) in [6.07, 6.45) is 0.939. The number of carbonyl (C=O) groups excluding carboxylic acids is 2. The Morgan fingerprint density at radius 1 is 1.18 bits per heavy atom. The highest BCUT2D eigenvalue weighted by molar-refractivity contribution is 7.99. The summed E-state index contributed by atoms with van der Waals surface area (Å²) >= 11 is 2.67. The normalized spacial score (nSPS) is 14.4. The first-order valence-corrected chi connectivity index (χ1v) is 13.3. The van der Waals surface area contributed by atoms with Crippen LogP contribution in [0, 0.1) is 0 Å². The van der Waals surface area contributed by atoms with Crippen LogP contribution >= 0.6 is 23.1 Å². The van der Waals surface area contributed by atoms with Crippen molar-refractivity contribution in [3.63, 3.8) is 0 Å². The summed E-state index contributed by atoms with van der Waals surface area (Å²) in [5, 5.41) is 2.41. The fourth-order valence-electron chi connectivity index (χ4n) is 4.16. The molecule has 0 atom stereocenters. The number of thioether (sulfide) groups is 1. The second kappa shape index (κ2) is 11.1. The maximum atomic E-state index is 13.4. The van der Waals surface area contributed by atoms with Gasteiger partial charge in [-0.1, -0.05) is 30.0 Å². The third kappa shape index (κ3) is 5.12. The zero-order valence-electron chi connectivity index (χ0n) is 19.3. The smallest absolute Gasteiger partial charge is 0.409 e. The van der Waals surface area contributed by atoms with Crippen LogP contribution in [0.1, 0.15) is 32.7 Å². The molecular formula is C24H28N4O4S2. The Labute approximate surface area is 206 Å². The van der Waals surface area contributed by atoms with E-state index in [9.17, 15) is 14.4 Å². The monoisotopic (exact) mass is 500 g/mol. The van der Waals surface area contributed by atoms with E-state index in [2.05, 4.69) is 0 Å². The van der Waals surface area contributed by atoms with Crippen molar-refractivity contribution in [1.29, 1.82) is 0 Å². The van der Waals surface area contributed by atoms with Crippen molar-refractivity contribution in [3.8, 4) is 0 Å². The topological polar surface area (TPSA) is 84.7 Å². The van der Waals surface area contributed by atoms with Gasteiger partial charge in [-0.15, -0.1) is 11.3 Å². The molecule has 4 rings (SSSR count). The van der Waals surface area contributed by atoms with E-state index in [0.29, 0.717) is 54.5 Å². The van der Waals surface area contributed by atoms with Crippen LogP contribution in [-0.4, -0.2) is 58.4 Å². The molecule has 1 fully saturated rings. The molecule has 34 heavy (non-hydrogen) atoms. The van der Waals surface area contributed by atoms with Gasteiger partial charge in [-0.25, -0.2) is 9.78 Å². The summed E-state index contributed by atoms with van der Waals surface area (Å²) < 4.78 is 7.46. The molecule has 1 aliphatic heterocycles. The second-order valence-corrected chi connectivity index (χ2v) is 9.74. The number of amides is 2. The molecule has 10 heteroatoms. The molecule has 1 aromatic carbocycles. The molecule has 0 saturated carbocycles. The van der Waals surface area contributed by atoms with E-state index in [1.807, 2.05) is 48.7 Å². The quantitative estimate of drug-likeness (QED) is 0.353. The van der Waals surface area contributed by atoms with Gasteiger partial charge < -0.3 is 14.5 Å². The highest BCUT2D eigenvalue weighted by Crippen LogP contribution is 2.29. The molecule has 3 heterocycles. The number of para-hydroxylation sites is 1. The van der Waals surface area contributed by atoms with Crippen molar-refractivity contribution in [1.82, 2.24) is 14.5 Å². The first kappa shape index (κ1) is 24.3. The van der Waals surface area contributed by atoms with Crippen LogP contribution < -0.4 is 10.5 Å². The van der Waals surface area contributed by atoms with Crippen LogP contribution in [-0.2, 0) is 9.53 Å². The Balaban J connectivity index is 1.56. The Bertz CT molecular complexity index is 1200. The molecule has 0 radical (unpaired) electrons. The molecule has 1 aliphatic rings. The molecule has 0 bridgehead atoms. The van der Waals surface area contributed by atoms with Gasteiger partial charge in [0, 0.05) is 31.4 Å². The first-order valence-electron chi connectivity index (χ1n) is 11.4. The van der Waals surface area contributed by atoms with Crippen LogP contribution in [0.4, 0.5) is 10.5 Å². The van der Waals surface area contributed by atoms with Crippen molar-refractivity contribution < 1.29 is 14.3 Å². The molecule has 0 unspecified atom stereocenters. The van der Waals surface area contributed by atoms with Crippen LogP contribution in [0.25, 0.3) is 10.2 Å². The molecule has 0 spiro atoms. The van der Waals surface area contributed by atoms with Crippen molar-refractivity contribution in [3.05, 3.63) is 52.1 Å². The Morgan fingerprint density at radius 2 is 1.91 bits per heavy atom. The summed E-state index contributed by atoms with van der Waals surface area (Å²) in [4.78, 5) is 46.7. The molecule has 0 aliphatic carbocycles. The van der Waals surface area contributed by atoms with Gasteiger partial charge in [-0.05, 0) is 50.3 Å². The van der Waals surface area contributed by atoms with Gasteiger partial charge in [0.25, 0.3) is 5.56 Å². The van der Waals surface area contributed by atoms with Crippen molar-refractivity contribution in [2.45, 2.75) is 37.9 Å². The largest absolute Gasteiger partial charge is 0.450 e. The van der Waals surface area contributed by atoms with Crippen LogP contribution in [0.3, 0.4) is 0 Å². The summed E-state index contributed by atoms with van der Waals surface area (Å²) in [7, 11) is 0. The minimum Gasteiger partial charge on any atom is -0.450 e. The van der Waals surface area contributed by atoms with Gasteiger partial charge in [0.15, 0.2) is 5.16 Å². The number of aromatic nitrogens is 2. The lowest BCUT2D eigenvalue weighted by Gasteiger charge is -2.32. The number of fused-ring (bicyclic) bond motifs is 1. The molecule has 2 amide bonds. The maximum Gasteiger partial charge on any atom is 0.409 e. The number of rotatable bonds is 7. The third-order valence-electron chi connectivity index (χ3n) is 5.85. The zero-order chi connectivity index (χ0) is 24.1. The van der Waals surface area contributed by atoms with Crippen molar-refractivity contribution >= 4 is 51.0 Å². The van der Waals surface area contributed by atoms with Crippen LogP contribution in [0.15, 0.2) is 51.7 Å². The average molecular weight is 501 g/mol. The van der Waals surface area contributed by atoms with Crippen LogP contribution in [0.2, 0.25) is 0 Å². The highest BCUT2D eigenvalue weighted by Gasteiger charge is 2.28. The summed E-state index contributed by atoms with van der Waals surface area (Å²) in [5.74, 6) is 0.133. The molecule has 3 aromatic rings. The number of likely N-dealkylation sites (tertiary alicyclic amines) is 1. The van der Waals surface area contributed by atoms with Crippen molar-refractivity contribution in [2.24, 2.45) is 0 Å². The third-order valence-corrected chi connectivity index (χ3v) is 7.67. The summed E-state index contributed by atoms with van der Waals surface area (Å²) in [6.45, 7) is 5.65. The molecular weight excluding hydrogens is 472 g/mol. The SMILES string of the molecule is CCOC(=O)N1CCC(n2c(SCC(=O)N(CC)c3ccccc3)nc3ccsc3c2=O)CC1. The van der Waals surface area contributed by atoms with Crippen LogP contribution in [0.5, 0.6) is 0 Å². The zero-order valence-corrected chi connectivity index (χ0v) is 20.9. The lowest BCUT2D eigenvalue weighted by molar-refractivity contribution is -0.116. The number of ether oxygens (including phenoxy) is 1. The predicted molar refractivity (Wildman–Crippen MR) is 136 cm³/mol. The molecule has 8 nitrogen and oxygen atoms in total. The number of piperidine rings is 1.